The number of likely N-dealkylation sites (tertiary alicyclic amines) is 1. The van der Waals surface area contributed by atoms with Crippen molar-refractivity contribution in [1.29, 1.82) is 0 Å². The van der Waals surface area contributed by atoms with Gasteiger partial charge in [-0.3, -0.25) is 9.69 Å². The second kappa shape index (κ2) is 8.18. The molecule has 164 valence electrons. The fourth-order valence-electron chi connectivity index (χ4n) is 6.84. The third-order valence-electron chi connectivity index (χ3n) is 8.70. The highest BCUT2D eigenvalue weighted by Gasteiger charge is 2.47. The Hall–Kier alpha value is -1.55. The minimum Gasteiger partial charge on any atom is -0.371 e. The van der Waals surface area contributed by atoms with Crippen molar-refractivity contribution in [2.24, 2.45) is 5.41 Å². The number of aryl methyl sites for hydroxylation is 1. The van der Waals surface area contributed by atoms with E-state index in [1.54, 1.807) is 0 Å². The summed E-state index contributed by atoms with van der Waals surface area (Å²) in [4.78, 5) is 20.7. The van der Waals surface area contributed by atoms with Gasteiger partial charge >= 0.3 is 0 Å². The minimum absolute atomic E-state index is 0.0437. The van der Waals surface area contributed by atoms with Gasteiger partial charge in [0.1, 0.15) is 0 Å². The number of amides is 1. The molecule has 1 saturated carbocycles. The molecule has 0 aromatic heterocycles. The Balaban J connectivity index is 1.25. The SMILES string of the molecule is Cc1cc(N2CCC(N3CCC[C@@H]3C)CC2)ccc1N1CCC2(CCCCC2)C1=O. The zero-order valence-electron chi connectivity index (χ0n) is 19.0. The summed E-state index contributed by atoms with van der Waals surface area (Å²) in [5.41, 5.74) is 3.69. The number of nitrogens with zero attached hydrogens (tertiary/aromatic N) is 3. The molecule has 0 bridgehead atoms. The van der Waals surface area contributed by atoms with Crippen molar-refractivity contribution < 1.29 is 4.79 Å². The van der Waals surface area contributed by atoms with Gasteiger partial charge in [-0.15, -0.1) is 0 Å². The highest BCUT2D eigenvalue weighted by molar-refractivity contribution is 6.00. The van der Waals surface area contributed by atoms with Crippen LogP contribution >= 0.6 is 0 Å². The van der Waals surface area contributed by atoms with Crippen LogP contribution in [-0.4, -0.2) is 49.1 Å². The number of hydrogen-bond acceptors (Lipinski definition) is 3. The molecular formula is C26H39N3O. The van der Waals surface area contributed by atoms with E-state index in [4.69, 9.17) is 0 Å². The molecule has 1 aliphatic carbocycles. The van der Waals surface area contributed by atoms with Gasteiger partial charge in [-0.25, -0.2) is 0 Å². The number of carbonyl (C=O) groups excluding carboxylic acids is 1. The van der Waals surface area contributed by atoms with Crippen LogP contribution in [0.1, 0.15) is 76.7 Å². The smallest absolute Gasteiger partial charge is 0.233 e. The highest BCUT2D eigenvalue weighted by atomic mass is 16.2. The maximum absolute atomic E-state index is 13.3. The highest BCUT2D eigenvalue weighted by Crippen LogP contribution is 2.46. The first-order valence-electron chi connectivity index (χ1n) is 12.5. The van der Waals surface area contributed by atoms with Gasteiger partial charge in [0.2, 0.25) is 5.91 Å². The molecular weight excluding hydrogens is 370 g/mol. The van der Waals surface area contributed by atoms with Crippen LogP contribution in [0.2, 0.25) is 0 Å². The Morgan fingerprint density at radius 2 is 1.67 bits per heavy atom. The molecule has 1 spiro atoms. The molecule has 1 aromatic rings. The second-order valence-electron chi connectivity index (χ2n) is 10.5. The molecule has 0 unspecified atom stereocenters. The summed E-state index contributed by atoms with van der Waals surface area (Å²) in [7, 11) is 0. The van der Waals surface area contributed by atoms with Crippen molar-refractivity contribution in [1.82, 2.24) is 4.90 Å². The molecule has 4 nitrogen and oxygen atoms in total. The summed E-state index contributed by atoms with van der Waals surface area (Å²) in [5, 5.41) is 0. The van der Waals surface area contributed by atoms with Crippen LogP contribution < -0.4 is 9.80 Å². The summed E-state index contributed by atoms with van der Waals surface area (Å²) < 4.78 is 0. The normalized spacial score (nSPS) is 28.1. The average Bonchev–Trinajstić information content (AvgIpc) is 3.33. The lowest BCUT2D eigenvalue weighted by atomic mass is 9.73. The van der Waals surface area contributed by atoms with Crippen LogP contribution in [-0.2, 0) is 4.79 Å². The molecule has 3 saturated heterocycles. The van der Waals surface area contributed by atoms with E-state index in [9.17, 15) is 4.79 Å². The van der Waals surface area contributed by atoms with Gasteiger partial charge < -0.3 is 9.80 Å². The van der Waals surface area contributed by atoms with Gasteiger partial charge in [0.25, 0.3) is 0 Å². The first kappa shape index (κ1) is 20.4. The van der Waals surface area contributed by atoms with E-state index in [1.165, 1.54) is 62.7 Å². The largest absolute Gasteiger partial charge is 0.371 e. The molecule has 3 heterocycles. The molecule has 4 fully saturated rings. The molecule has 0 N–H and O–H groups in total. The standard InChI is InChI=1S/C26H39N3O/c1-20-19-23(27-16-10-22(11-17-27)28-15-6-7-21(28)2)8-9-24(20)29-18-14-26(25(29)30)12-4-3-5-13-26/h8-9,19,21-22H,3-7,10-18H2,1-2H3/t21-/m0/s1. The molecule has 4 aliphatic rings. The van der Waals surface area contributed by atoms with Crippen LogP contribution in [0.5, 0.6) is 0 Å². The van der Waals surface area contributed by atoms with Gasteiger partial charge in [0, 0.05) is 43.1 Å². The summed E-state index contributed by atoms with van der Waals surface area (Å²) >= 11 is 0. The van der Waals surface area contributed by atoms with Crippen LogP contribution in [0.3, 0.4) is 0 Å². The zero-order chi connectivity index (χ0) is 20.7. The lowest BCUT2D eigenvalue weighted by molar-refractivity contribution is -0.127. The van der Waals surface area contributed by atoms with E-state index in [2.05, 4.69) is 46.7 Å². The molecule has 3 aliphatic heterocycles. The van der Waals surface area contributed by atoms with Gasteiger partial charge in [-0.05, 0) is 89.1 Å². The van der Waals surface area contributed by atoms with Crippen molar-refractivity contribution in [3.63, 3.8) is 0 Å². The molecule has 1 atom stereocenters. The van der Waals surface area contributed by atoms with Gasteiger partial charge in [0.05, 0.1) is 5.41 Å². The summed E-state index contributed by atoms with van der Waals surface area (Å²) in [6.07, 6.45) is 12.3. The van der Waals surface area contributed by atoms with Gasteiger partial charge in [-0.1, -0.05) is 19.3 Å². The summed E-state index contributed by atoms with van der Waals surface area (Å²) in [6.45, 7) is 9.09. The maximum atomic E-state index is 13.3. The maximum Gasteiger partial charge on any atom is 0.233 e. The van der Waals surface area contributed by atoms with E-state index in [1.807, 2.05) is 0 Å². The predicted octanol–water partition coefficient (Wildman–Crippen LogP) is 5.14. The Labute approximate surface area is 182 Å². The van der Waals surface area contributed by atoms with Crippen molar-refractivity contribution >= 4 is 17.3 Å². The van der Waals surface area contributed by atoms with E-state index in [0.29, 0.717) is 5.91 Å². The van der Waals surface area contributed by atoms with Crippen molar-refractivity contribution in [2.75, 3.05) is 36.0 Å². The Bertz CT molecular complexity index is 776. The van der Waals surface area contributed by atoms with Crippen LogP contribution in [0, 0.1) is 12.3 Å². The zero-order valence-corrected chi connectivity index (χ0v) is 19.0. The fourth-order valence-corrected chi connectivity index (χ4v) is 6.84. The van der Waals surface area contributed by atoms with Crippen LogP contribution in [0.15, 0.2) is 18.2 Å². The third-order valence-corrected chi connectivity index (χ3v) is 8.70. The van der Waals surface area contributed by atoms with Crippen molar-refractivity contribution in [3.8, 4) is 0 Å². The summed E-state index contributed by atoms with van der Waals surface area (Å²) in [5.74, 6) is 0.401. The third kappa shape index (κ3) is 3.55. The number of benzene rings is 1. The Kier molecular flexibility index (Phi) is 5.55. The monoisotopic (exact) mass is 409 g/mol. The fraction of sp³-hybridized carbons (Fsp3) is 0.731. The molecule has 5 rings (SSSR count). The summed E-state index contributed by atoms with van der Waals surface area (Å²) in [6, 6.07) is 8.36. The topological polar surface area (TPSA) is 26.8 Å². The van der Waals surface area contributed by atoms with Crippen LogP contribution in [0.25, 0.3) is 0 Å². The Morgan fingerprint density at radius 3 is 2.33 bits per heavy atom. The lowest BCUT2D eigenvalue weighted by Crippen LogP contribution is -2.46. The van der Waals surface area contributed by atoms with E-state index in [-0.39, 0.29) is 5.41 Å². The van der Waals surface area contributed by atoms with E-state index in [0.717, 1.165) is 56.7 Å². The molecule has 30 heavy (non-hydrogen) atoms. The quantitative estimate of drug-likeness (QED) is 0.692. The molecule has 1 amide bonds. The number of piperidine rings is 1. The number of rotatable bonds is 3. The molecule has 0 radical (unpaired) electrons. The van der Waals surface area contributed by atoms with Gasteiger partial charge in [-0.2, -0.15) is 0 Å². The van der Waals surface area contributed by atoms with E-state index >= 15 is 0 Å². The predicted molar refractivity (Wildman–Crippen MR) is 124 cm³/mol. The first-order chi connectivity index (χ1) is 14.6. The minimum atomic E-state index is -0.0437. The van der Waals surface area contributed by atoms with Crippen molar-refractivity contribution in [3.05, 3.63) is 23.8 Å². The lowest BCUT2D eigenvalue weighted by Gasteiger charge is -2.39. The number of anilines is 2. The van der Waals surface area contributed by atoms with Gasteiger partial charge in [0.15, 0.2) is 0 Å². The number of carbonyl (C=O) groups is 1. The molecule has 1 aromatic carbocycles. The Morgan fingerprint density at radius 1 is 0.900 bits per heavy atom. The van der Waals surface area contributed by atoms with E-state index < -0.39 is 0 Å². The first-order valence-corrected chi connectivity index (χ1v) is 12.5. The number of hydrogen-bond donors (Lipinski definition) is 0. The molecule has 4 heteroatoms. The van der Waals surface area contributed by atoms with Crippen molar-refractivity contribution in [2.45, 2.75) is 90.1 Å². The van der Waals surface area contributed by atoms with Crippen LogP contribution in [0.4, 0.5) is 11.4 Å². The second-order valence-corrected chi connectivity index (χ2v) is 10.5. The average molecular weight is 410 g/mol.